The van der Waals surface area contributed by atoms with Crippen molar-refractivity contribution in [2.24, 2.45) is 5.41 Å². The zero-order valence-electron chi connectivity index (χ0n) is 12.6. The molecule has 19 heavy (non-hydrogen) atoms. The van der Waals surface area contributed by atoms with E-state index < -0.39 is 0 Å². The van der Waals surface area contributed by atoms with Crippen molar-refractivity contribution < 1.29 is 4.74 Å². The van der Waals surface area contributed by atoms with Gasteiger partial charge in [-0.2, -0.15) is 5.26 Å². The zero-order valence-corrected chi connectivity index (χ0v) is 12.6. The molecule has 104 valence electrons. The van der Waals surface area contributed by atoms with Gasteiger partial charge in [-0.15, -0.1) is 0 Å². The quantitative estimate of drug-likeness (QED) is 0.852. The van der Waals surface area contributed by atoms with Gasteiger partial charge in [-0.25, -0.2) is 0 Å². The first kappa shape index (κ1) is 15.5. The Hall–Kier alpha value is -1.53. The van der Waals surface area contributed by atoms with E-state index in [4.69, 9.17) is 10.00 Å². The molecular formula is C16H24N2O. The first-order valence-electron chi connectivity index (χ1n) is 6.68. The fraction of sp³-hybridized carbons (Fsp3) is 0.562. The molecular weight excluding hydrogens is 236 g/mol. The van der Waals surface area contributed by atoms with Crippen LogP contribution in [0.4, 0.5) is 0 Å². The van der Waals surface area contributed by atoms with Gasteiger partial charge in [0.2, 0.25) is 0 Å². The maximum absolute atomic E-state index is 8.97. The summed E-state index contributed by atoms with van der Waals surface area (Å²) in [6.07, 6.45) is 0. The molecule has 0 spiro atoms. The van der Waals surface area contributed by atoms with E-state index >= 15 is 0 Å². The summed E-state index contributed by atoms with van der Waals surface area (Å²) < 4.78 is 5.44. The van der Waals surface area contributed by atoms with Crippen LogP contribution in [0.15, 0.2) is 18.2 Å². The van der Waals surface area contributed by atoms with E-state index in [1.807, 2.05) is 13.8 Å². The van der Waals surface area contributed by atoms with Crippen LogP contribution < -0.4 is 10.1 Å². The van der Waals surface area contributed by atoms with Gasteiger partial charge in [-0.05, 0) is 31.4 Å². The fourth-order valence-corrected chi connectivity index (χ4v) is 1.82. The number of rotatable bonds is 6. The Balaban J connectivity index is 2.71. The molecule has 0 atom stereocenters. The minimum absolute atomic E-state index is 0.342. The number of nitriles is 1. The van der Waals surface area contributed by atoms with Crippen molar-refractivity contribution in [3.8, 4) is 11.8 Å². The van der Waals surface area contributed by atoms with E-state index in [1.54, 1.807) is 7.11 Å². The lowest BCUT2D eigenvalue weighted by Crippen LogP contribution is -2.27. The van der Waals surface area contributed by atoms with Crippen LogP contribution in [-0.2, 0) is 6.54 Å². The second kappa shape index (κ2) is 6.58. The van der Waals surface area contributed by atoms with Gasteiger partial charge in [0, 0.05) is 18.7 Å². The van der Waals surface area contributed by atoms with Crippen molar-refractivity contribution in [3.63, 3.8) is 0 Å². The number of hydrogen-bond acceptors (Lipinski definition) is 3. The van der Waals surface area contributed by atoms with Crippen LogP contribution in [0.25, 0.3) is 0 Å². The molecule has 0 aliphatic carbocycles. The summed E-state index contributed by atoms with van der Waals surface area (Å²) in [7, 11) is 1.70. The van der Waals surface area contributed by atoms with E-state index in [-0.39, 0.29) is 5.41 Å². The Morgan fingerprint density at radius 3 is 2.58 bits per heavy atom. The normalized spacial score (nSPS) is 11.4. The highest BCUT2D eigenvalue weighted by Crippen LogP contribution is 2.24. The molecule has 0 aliphatic rings. The monoisotopic (exact) mass is 260 g/mol. The highest BCUT2D eigenvalue weighted by atomic mass is 16.5. The van der Waals surface area contributed by atoms with Crippen molar-refractivity contribution in [1.29, 1.82) is 5.26 Å². The first-order chi connectivity index (χ1) is 8.89. The summed E-state index contributed by atoms with van der Waals surface area (Å²) in [4.78, 5) is 0. The Bertz CT molecular complexity index is 458. The van der Waals surface area contributed by atoms with Gasteiger partial charge in [-0.3, -0.25) is 0 Å². The molecule has 1 aromatic rings. The minimum atomic E-state index is -0.342. The lowest BCUT2D eigenvalue weighted by atomic mass is 9.96. The van der Waals surface area contributed by atoms with E-state index in [0.717, 1.165) is 11.3 Å². The lowest BCUT2D eigenvalue weighted by Gasteiger charge is -2.17. The third-order valence-electron chi connectivity index (χ3n) is 3.16. The summed E-state index contributed by atoms with van der Waals surface area (Å²) in [5.41, 5.74) is 2.06. The Labute approximate surface area is 116 Å². The average molecular weight is 260 g/mol. The molecule has 1 N–H and O–H groups in total. The van der Waals surface area contributed by atoms with Gasteiger partial charge in [-0.1, -0.05) is 26.0 Å². The van der Waals surface area contributed by atoms with Gasteiger partial charge < -0.3 is 10.1 Å². The molecule has 0 fully saturated rings. The Morgan fingerprint density at radius 1 is 1.37 bits per heavy atom. The molecule has 0 aromatic heterocycles. The molecule has 1 aromatic carbocycles. The SMILES string of the molecule is COc1cc(C(C)C)ccc1CNCC(C)(C)C#N. The van der Waals surface area contributed by atoms with E-state index in [9.17, 15) is 0 Å². The van der Waals surface area contributed by atoms with Crippen molar-refractivity contribution in [3.05, 3.63) is 29.3 Å². The number of nitrogens with one attached hydrogen (secondary N) is 1. The zero-order chi connectivity index (χ0) is 14.5. The summed E-state index contributed by atoms with van der Waals surface area (Å²) in [5.74, 6) is 1.40. The molecule has 1 rings (SSSR count). The second-order valence-corrected chi connectivity index (χ2v) is 5.83. The molecule has 0 bridgehead atoms. The summed E-state index contributed by atoms with van der Waals surface area (Å²) in [5, 5.41) is 12.3. The number of ether oxygens (including phenoxy) is 1. The third-order valence-corrected chi connectivity index (χ3v) is 3.16. The molecule has 0 unspecified atom stereocenters. The van der Waals surface area contributed by atoms with E-state index in [1.165, 1.54) is 5.56 Å². The van der Waals surface area contributed by atoms with Crippen LogP contribution in [0.1, 0.15) is 44.7 Å². The molecule has 0 saturated heterocycles. The van der Waals surface area contributed by atoms with Crippen LogP contribution >= 0.6 is 0 Å². The van der Waals surface area contributed by atoms with Crippen LogP contribution in [0.3, 0.4) is 0 Å². The number of nitrogens with zero attached hydrogens (tertiary/aromatic N) is 1. The van der Waals surface area contributed by atoms with Crippen molar-refractivity contribution in [2.45, 2.75) is 40.2 Å². The average Bonchev–Trinajstić information content (AvgIpc) is 2.38. The Morgan fingerprint density at radius 2 is 2.05 bits per heavy atom. The maximum Gasteiger partial charge on any atom is 0.123 e. The summed E-state index contributed by atoms with van der Waals surface area (Å²) in [6.45, 7) is 9.58. The first-order valence-corrected chi connectivity index (χ1v) is 6.68. The van der Waals surface area contributed by atoms with Crippen molar-refractivity contribution in [1.82, 2.24) is 5.32 Å². The molecule has 0 aliphatic heterocycles. The number of methoxy groups -OCH3 is 1. The van der Waals surface area contributed by atoms with Crippen LogP contribution in [-0.4, -0.2) is 13.7 Å². The Kier molecular flexibility index (Phi) is 5.38. The molecule has 3 heteroatoms. The van der Waals surface area contributed by atoms with E-state index in [0.29, 0.717) is 19.0 Å². The number of benzene rings is 1. The standard InChI is InChI=1S/C16H24N2O/c1-12(2)13-6-7-14(15(8-13)19-5)9-18-11-16(3,4)10-17/h6-8,12,18H,9,11H2,1-5H3. The molecule has 0 amide bonds. The summed E-state index contributed by atoms with van der Waals surface area (Å²) in [6, 6.07) is 8.62. The molecule has 0 radical (unpaired) electrons. The van der Waals surface area contributed by atoms with E-state index in [2.05, 4.69) is 43.4 Å². The molecule has 0 saturated carbocycles. The van der Waals surface area contributed by atoms with Gasteiger partial charge in [0.05, 0.1) is 18.6 Å². The van der Waals surface area contributed by atoms with Crippen molar-refractivity contribution >= 4 is 0 Å². The van der Waals surface area contributed by atoms with Gasteiger partial charge in [0.15, 0.2) is 0 Å². The van der Waals surface area contributed by atoms with Gasteiger partial charge in [0.25, 0.3) is 0 Å². The smallest absolute Gasteiger partial charge is 0.123 e. The number of hydrogen-bond donors (Lipinski definition) is 1. The van der Waals surface area contributed by atoms with Gasteiger partial charge >= 0.3 is 0 Å². The summed E-state index contributed by atoms with van der Waals surface area (Å²) >= 11 is 0. The minimum Gasteiger partial charge on any atom is -0.496 e. The van der Waals surface area contributed by atoms with Gasteiger partial charge in [0.1, 0.15) is 5.75 Å². The third kappa shape index (κ3) is 4.57. The fourth-order valence-electron chi connectivity index (χ4n) is 1.82. The van der Waals surface area contributed by atoms with Crippen LogP contribution in [0.2, 0.25) is 0 Å². The highest BCUT2D eigenvalue weighted by Gasteiger charge is 2.16. The molecule has 0 heterocycles. The van der Waals surface area contributed by atoms with Crippen LogP contribution in [0.5, 0.6) is 5.75 Å². The molecule has 3 nitrogen and oxygen atoms in total. The lowest BCUT2D eigenvalue weighted by molar-refractivity contribution is 0.401. The highest BCUT2D eigenvalue weighted by molar-refractivity contribution is 5.38. The predicted molar refractivity (Wildman–Crippen MR) is 78.2 cm³/mol. The largest absolute Gasteiger partial charge is 0.496 e. The van der Waals surface area contributed by atoms with Crippen molar-refractivity contribution in [2.75, 3.05) is 13.7 Å². The van der Waals surface area contributed by atoms with Crippen LogP contribution in [0, 0.1) is 16.7 Å². The predicted octanol–water partition coefficient (Wildman–Crippen LogP) is 3.46. The topological polar surface area (TPSA) is 45.0 Å². The second-order valence-electron chi connectivity index (χ2n) is 5.83. The maximum atomic E-state index is 8.97.